The molecule has 144 valence electrons. The van der Waals surface area contributed by atoms with Crippen LogP contribution in [0.3, 0.4) is 0 Å². The predicted molar refractivity (Wildman–Crippen MR) is 104 cm³/mol. The summed E-state index contributed by atoms with van der Waals surface area (Å²) in [6.07, 6.45) is 1.30. The van der Waals surface area contributed by atoms with Gasteiger partial charge < -0.3 is 5.73 Å². The number of rotatable bonds is 4. The number of pyridine rings is 1. The molecular weight excluding hydrogens is 388 g/mol. The number of aromatic nitrogens is 2. The number of anilines is 3. The molecule has 2 aromatic heterocycles. The van der Waals surface area contributed by atoms with Crippen molar-refractivity contribution in [2.75, 3.05) is 10.6 Å². The van der Waals surface area contributed by atoms with Crippen LogP contribution in [-0.4, -0.2) is 21.8 Å². The molecular formula is C18H15F2N5O2S. The lowest BCUT2D eigenvalue weighted by molar-refractivity contribution is -0.115. The summed E-state index contributed by atoms with van der Waals surface area (Å²) in [5, 5.41) is 5.75. The lowest BCUT2D eigenvalue weighted by atomic mass is 10.2. The van der Waals surface area contributed by atoms with Crippen LogP contribution in [0.25, 0.3) is 0 Å². The van der Waals surface area contributed by atoms with E-state index in [1.54, 1.807) is 18.4 Å². The number of hydrogen-bond donors (Lipinski definition) is 1. The fourth-order valence-electron chi connectivity index (χ4n) is 2.47. The Kier molecular flexibility index (Phi) is 5.32. The van der Waals surface area contributed by atoms with E-state index < -0.39 is 23.1 Å². The second-order valence-corrected chi connectivity index (χ2v) is 6.69. The van der Waals surface area contributed by atoms with E-state index in [0.717, 1.165) is 33.0 Å². The van der Waals surface area contributed by atoms with E-state index >= 15 is 0 Å². The summed E-state index contributed by atoms with van der Waals surface area (Å²) in [5.74, 6) is -1.98. The monoisotopic (exact) mass is 403 g/mol. The SMILES string of the molecule is CC(=O)N(c1nc(/C=N\n2c(N)cc(C)cc2=O)cs1)c1ccc(F)cc1F. The Hall–Kier alpha value is -3.40. The van der Waals surface area contributed by atoms with Gasteiger partial charge in [-0.05, 0) is 30.7 Å². The molecule has 0 atom stereocenters. The fraction of sp³-hybridized carbons (Fsp3) is 0.111. The first-order chi connectivity index (χ1) is 13.3. The normalized spacial score (nSPS) is 11.1. The molecule has 0 unspecified atom stereocenters. The second-order valence-electron chi connectivity index (χ2n) is 5.86. The fourth-order valence-corrected chi connectivity index (χ4v) is 3.30. The zero-order chi connectivity index (χ0) is 20.4. The molecule has 0 aliphatic carbocycles. The minimum Gasteiger partial charge on any atom is -0.384 e. The number of hydrogen-bond acceptors (Lipinski definition) is 6. The van der Waals surface area contributed by atoms with E-state index in [2.05, 4.69) is 10.1 Å². The molecule has 0 spiro atoms. The third kappa shape index (κ3) is 3.96. The summed E-state index contributed by atoms with van der Waals surface area (Å²) in [6, 6.07) is 5.88. The smallest absolute Gasteiger partial charge is 0.273 e. The number of nitrogens with zero attached hydrogens (tertiary/aromatic N) is 4. The van der Waals surface area contributed by atoms with Crippen molar-refractivity contribution in [3.63, 3.8) is 0 Å². The van der Waals surface area contributed by atoms with Gasteiger partial charge in [-0.3, -0.25) is 14.5 Å². The van der Waals surface area contributed by atoms with Crippen LogP contribution >= 0.6 is 11.3 Å². The Balaban J connectivity index is 1.94. The first kappa shape index (κ1) is 19.4. The van der Waals surface area contributed by atoms with E-state index in [0.29, 0.717) is 17.3 Å². The lowest BCUT2D eigenvalue weighted by Crippen LogP contribution is -2.23. The molecule has 0 aliphatic heterocycles. The number of nitrogen functional groups attached to an aromatic ring is 1. The molecule has 0 aliphatic rings. The predicted octanol–water partition coefficient (Wildman–Crippen LogP) is 3.04. The third-order valence-corrected chi connectivity index (χ3v) is 4.50. The molecule has 0 radical (unpaired) electrons. The zero-order valence-corrected chi connectivity index (χ0v) is 15.7. The summed E-state index contributed by atoms with van der Waals surface area (Å²) in [5.41, 5.74) is 6.32. The van der Waals surface area contributed by atoms with Gasteiger partial charge in [0.05, 0.1) is 17.6 Å². The topological polar surface area (TPSA) is 93.6 Å². The summed E-state index contributed by atoms with van der Waals surface area (Å²) >= 11 is 1.06. The first-order valence-corrected chi connectivity index (χ1v) is 8.89. The molecule has 3 rings (SSSR count). The molecule has 0 saturated carbocycles. The van der Waals surface area contributed by atoms with Crippen molar-refractivity contribution in [1.82, 2.24) is 9.66 Å². The van der Waals surface area contributed by atoms with Gasteiger partial charge in [-0.1, -0.05) is 0 Å². The van der Waals surface area contributed by atoms with E-state index in [9.17, 15) is 18.4 Å². The van der Waals surface area contributed by atoms with E-state index in [4.69, 9.17) is 5.73 Å². The first-order valence-electron chi connectivity index (χ1n) is 8.01. The number of nitrogens with two attached hydrogens (primary N) is 1. The highest BCUT2D eigenvalue weighted by atomic mass is 32.1. The molecule has 3 aromatic rings. The zero-order valence-electron chi connectivity index (χ0n) is 14.9. The van der Waals surface area contributed by atoms with Crippen LogP contribution in [0.1, 0.15) is 18.2 Å². The molecule has 10 heteroatoms. The number of aryl methyl sites for hydroxylation is 1. The lowest BCUT2D eigenvalue weighted by Gasteiger charge is -2.18. The number of benzene rings is 1. The largest absolute Gasteiger partial charge is 0.384 e. The summed E-state index contributed by atoms with van der Waals surface area (Å²) < 4.78 is 28.3. The Labute approximate surface area is 162 Å². The van der Waals surface area contributed by atoms with Gasteiger partial charge in [-0.2, -0.15) is 9.78 Å². The maximum absolute atomic E-state index is 14.1. The molecule has 1 aromatic carbocycles. The standard InChI is InChI=1S/C18H15F2N5O2S/c1-10-5-16(21)25(17(27)6-10)22-8-13-9-28-18(23-13)24(11(2)26)15-4-3-12(19)7-14(15)20/h3-9H,21H2,1-2H3/b22-8-. The van der Waals surface area contributed by atoms with Crippen LogP contribution in [0.5, 0.6) is 0 Å². The molecule has 1 amide bonds. The van der Waals surface area contributed by atoms with E-state index in [1.807, 2.05) is 0 Å². The highest BCUT2D eigenvalue weighted by Gasteiger charge is 2.21. The van der Waals surface area contributed by atoms with Gasteiger partial charge in [0.25, 0.3) is 5.56 Å². The Bertz CT molecular complexity index is 1140. The van der Waals surface area contributed by atoms with Crippen LogP contribution in [0.4, 0.5) is 25.4 Å². The van der Waals surface area contributed by atoms with E-state index in [1.165, 1.54) is 19.2 Å². The minimum atomic E-state index is -0.889. The van der Waals surface area contributed by atoms with Gasteiger partial charge >= 0.3 is 0 Å². The van der Waals surface area contributed by atoms with Gasteiger partial charge in [-0.15, -0.1) is 11.3 Å². The van der Waals surface area contributed by atoms with Gasteiger partial charge in [0.2, 0.25) is 5.91 Å². The highest BCUT2D eigenvalue weighted by molar-refractivity contribution is 7.14. The van der Waals surface area contributed by atoms with Gasteiger partial charge in [0.15, 0.2) is 5.13 Å². The molecule has 2 N–H and O–H groups in total. The maximum atomic E-state index is 14.1. The van der Waals surface area contributed by atoms with Gasteiger partial charge in [-0.25, -0.2) is 13.8 Å². The second kappa shape index (κ2) is 7.69. The summed E-state index contributed by atoms with van der Waals surface area (Å²) in [7, 11) is 0. The average Bonchev–Trinajstić information content (AvgIpc) is 3.04. The molecule has 0 saturated heterocycles. The van der Waals surface area contributed by atoms with Crippen LogP contribution in [0, 0.1) is 18.6 Å². The van der Waals surface area contributed by atoms with Gasteiger partial charge in [0.1, 0.15) is 17.5 Å². The van der Waals surface area contributed by atoms with Crippen LogP contribution < -0.4 is 16.2 Å². The molecule has 0 bridgehead atoms. The Morgan fingerprint density at radius 3 is 2.71 bits per heavy atom. The summed E-state index contributed by atoms with van der Waals surface area (Å²) in [4.78, 5) is 29.2. The van der Waals surface area contributed by atoms with Crippen LogP contribution in [0.2, 0.25) is 0 Å². The van der Waals surface area contributed by atoms with Crippen LogP contribution in [-0.2, 0) is 4.79 Å². The average molecular weight is 403 g/mol. The quantitative estimate of drug-likeness (QED) is 0.678. The van der Waals surface area contributed by atoms with Crippen molar-refractivity contribution in [2.45, 2.75) is 13.8 Å². The van der Waals surface area contributed by atoms with Crippen molar-refractivity contribution < 1.29 is 13.6 Å². The van der Waals surface area contributed by atoms with Gasteiger partial charge in [0, 0.05) is 24.4 Å². The minimum absolute atomic E-state index is 0.120. The van der Waals surface area contributed by atoms with Crippen LogP contribution in [0.15, 0.2) is 45.6 Å². The van der Waals surface area contributed by atoms with Crippen molar-refractivity contribution >= 4 is 40.1 Å². The molecule has 28 heavy (non-hydrogen) atoms. The van der Waals surface area contributed by atoms with Crippen molar-refractivity contribution in [2.24, 2.45) is 5.10 Å². The van der Waals surface area contributed by atoms with E-state index in [-0.39, 0.29) is 16.6 Å². The molecule has 0 fully saturated rings. The number of carbonyl (C=O) groups is 1. The third-order valence-electron chi connectivity index (χ3n) is 3.65. The Morgan fingerprint density at radius 1 is 1.32 bits per heavy atom. The summed E-state index contributed by atoms with van der Waals surface area (Å²) in [6.45, 7) is 2.98. The Morgan fingerprint density at radius 2 is 2.07 bits per heavy atom. The molecule has 2 heterocycles. The molecule has 7 nitrogen and oxygen atoms in total. The number of amides is 1. The highest BCUT2D eigenvalue weighted by Crippen LogP contribution is 2.30. The van der Waals surface area contributed by atoms with Crippen molar-refractivity contribution in [3.05, 3.63) is 69.0 Å². The number of halogens is 2. The van der Waals surface area contributed by atoms with Crippen molar-refractivity contribution in [1.29, 1.82) is 0 Å². The number of thiazole rings is 1. The van der Waals surface area contributed by atoms with Crippen molar-refractivity contribution in [3.8, 4) is 0 Å². The maximum Gasteiger partial charge on any atom is 0.273 e. The number of carbonyl (C=O) groups excluding carboxylic acids is 1.